The zero-order valence-electron chi connectivity index (χ0n) is 15.4. The second kappa shape index (κ2) is 12.1. The van der Waals surface area contributed by atoms with Crippen molar-refractivity contribution in [2.45, 2.75) is 103 Å². The van der Waals surface area contributed by atoms with Crippen LogP contribution in [0.2, 0.25) is 0 Å². The number of hydrogen-bond acceptors (Lipinski definition) is 4. The molecule has 1 rings (SSSR count). The third-order valence-electron chi connectivity index (χ3n) is 4.60. The standard InChI is InChI=1S/C20H34O4/c1-3-5-7-8-9-10-11-12-13-16-15-18(22)19(20(23)24-16)17(21)14-6-4-2/h16,22H,3-15H2,1-2H3. The van der Waals surface area contributed by atoms with Crippen molar-refractivity contribution < 1.29 is 19.4 Å². The lowest BCUT2D eigenvalue weighted by molar-refractivity contribution is -0.148. The molecule has 1 atom stereocenters. The largest absolute Gasteiger partial charge is 0.511 e. The molecule has 0 aliphatic carbocycles. The Morgan fingerprint density at radius 1 is 1.00 bits per heavy atom. The van der Waals surface area contributed by atoms with Crippen LogP contribution in [0, 0.1) is 0 Å². The fraction of sp³-hybridized carbons (Fsp3) is 0.800. The van der Waals surface area contributed by atoms with Crippen LogP contribution < -0.4 is 0 Å². The summed E-state index contributed by atoms with van der Waals surface area (Å²) in [6.45, 7) is 4.21. The van der Waals surface area contributed by atoms with Crippen molar-refractivity contribution in [3.63, 3.8) is 0 Å². The molecule has 0 spiro atoms. The first-order valence-electron chi connectivity index (χ1n) is 9.76. The molecule has 0 fully saturated rings. The highest BCUT2D eigenvalue weighted by molar-refractivity contribution is 6.18. The predicted molar refractivity (Wildman–Crippen MR) is 95.9 cm³/mol. The lowest BCUT2D eigenvalue weighted by Crippen LogP contribution is -2.30. The summed E-state index contributed by atoms with van der Waals surface area (Å²) in [6.07, 6.45) is 12.5. The fourth-order valence-electron chi connectivity index (χ4n) is 3.09. The smallest absolute Gasteiger partial charge is 0.345 e. The molecule has 0 amide bonds. The monoisotopic (exact) mass is 338 g/mol. The van der Waals surface area contributed by atoms with Gasteiger partial charge in [0.1, 0.15) is 17.4 Å². The Balaban J connectivity index is 2.27. The van der Waals surface area contributed by atoms with Gasteiger partial charge in [-0.1, -0.05) is 65.2 Å². The number of ketones is 1. The SMILES string of the molecule is CCCCCCCCCCC1CC(O)=C(C(=O)CCCC)C(=O)O1. The van der Waals surface area contributed by atoms with Gasteiger partial charge in [0.05, 0.1) is 0 Å². The Hall–Kier alpha value is -1.32. The maximum atomic E-state index is 12.0. The Bertz CT molecular complexity index is 425. The van der Waals surface area contributed by atoms with Gasteiger partial charge < -0.3 is 9.84 Å². The number of Topliss-reactive ketones (excluding diaryl/α,β-unsaturated/α-hetero) is 1. The first-order chi connectivity index (χ1) is 11.6. The molecule has 4 heteroatoms. The van der Waals surface area contributed by atoms with E-state index in [0.717, 1.165) is 32.1 Å². The average Bonchev–Trinajstić information content (AvgIpc) is 2.54. The van der Waals surface area contributed by atoms with E-state index >= 15 is 0 Å². The number of carbonyl (C=O) groups is 2. The van der Waals surface area contributed by atoms with Crippen LogP contribution in [0.15, 0.2) is 11.3 Å². The summed E-state index contributed by atoms with van der Waals surface area (Å²) in [7, 11) is 0. The van der Waals surface area contributed by atoms with E-state index in [4.69, 9.17) is 4.74 Å². The molecule has 0 saturated carbocycles. The van der Waals surface area contributed by atoms with Crippen molar-refractivity contribution in [2.24, 2.45) is 0 Å². The summed E-state index contributed by atoms with van der Waals surface area (Å²) >= 11 is 0. The summed E-state index contributed by atoms with van der Waals surface area (Å²) in [4.78, 5) is 24.0. The van der Waals surface area contributed by atoms with Gasteiger partial charge in [0.25, 0.3) is 0 Å². The molecule has 0 aromatic rings. The van der Waals surface area contributed by atoms with Crippen molar-refractivity contribution in [2.75, 3.05) is 0 Å². The van der Waals surface area contributed by atoms with Crippen LogP contribution in [0.3, 0.4) is 0 Å². The lowest BCUT2D eigenvalue weighted by Gasteiger charge is -2.24. The van der Waals surface area contributed by atoms with Crippen molar-refractivity contribution in [3.05, 3.63) is 11.3 Å². The second-order valence-electron chi connectivity index (χ2n) is 6.84. The van der Waals surface area contributed by atoms with Gasteiger partial charge in [-0.3, -0.25) is 4.79 Å². The van der Waals surface area contributed by atoms with Gasteiger partial charge in [-0.15, -0.1) is 0 Å². The zero-order valence-corrected chi connectivity index (χ0v) is 15.4. The number of aliphatic hydroxyl groups is 1. The Kier molecular flexibility index (Phi) is 10.4. The van der Waals surface area contributed by atoms with Gasteiger partial charge in [0.2, 0.25) is 0 Å². The zero-order chi connectivity index (χ0) is 17.8. The minimum absolute atomic E-state index is 0.0723. The third kappa shape index (κ3) is 7.50. The molecule has 24 heavy (non-hydrogen) atoms. The van der Waals surface area contributed by atoms with Crippen molar-refractivity contribution >= 4 is 11.8 Å². The number of esters is 1. The summed E-state index contributed by atoms with van der Waals surface area (Å²) in [6, 6.07) is 0. The third-order valence-corrected chi connectivity index (χ3v) is 4.60. The lowest BCUT2D eigenvalue weighted by atomic mass is 9.97. The molecule has 0 radical (unpaired) electrons. The van der Waals surface area contributed by atoms with Gasteiger partial charge in [0.15, 0.2) is 5.78 Å². The van der Waals surface area contributed by atoms with E-state index in [1.165, 1.54) is 38.5 Å². The molecule has 1 N–H and O–H groups in total. The molecule has 1 aliphatic rings. The van der Waals surface area contributed by atoms with Gasteiger partial charge in [0, 0.05) is 12.8 Å². The first kappa shape index (κ1) is 20.7. The molecule has 0 bridgehead atoms. The molecule has 1 heterocycles. The number of hydrogen-bond donors (Lipinski definition) is 1. The number of carbonyl (C=O) groups excluding carboxylic acids is 2. The highest BCUT2D eigenvalue weighted by Crippen LogP contribution is 2.25. The van der Waals surface area contributed by atoms with Crippen LogP contribution in [0.25, 0.3) is 0 Å². The molecule has 4 nitrogen and oxygen atoms in total. The Morgan fingerprint density at radius 3 is 2.17 bits per heavy atom. The highest BCUT2D eigenvalue weighted by Gasteiger charge is 2.32. The van der Waals surface area contributed by atoms with Crippen molar-refractivity contribution in [1.82, 2.24) is 0 Å². The van der Waals surface area contributed by atoms with E-state index in [-0.39, 0.29) is 29.6 Å². The molecular formula is C20H34O4. The van der Waals surface area contributed by atoms with Gasteiger partial charge in [-0.25, -0.2) is 4.79 Å². The van der Waals surface area contributed by atoms with Crippen LogP contribution in [-0.2, 0) is 14.3 Å². The minimum Gasteiger partial charge on any atom is -0.511 e. The molecular weight excluding hydrogens is 304 g/mol. The quantitative estimate of drug-likeness (QED) is 0.277. The summed E-state index contributed by atoms with van der Waals surface area (Å²) in [5, 5.41) is 10.1. The Morgan fingerprint density at radius 2 is 1.58 bits per heavy atom. The van der Waals surface area contributed by atoms with Crippen LogP contribution in [0.5, 0.6) is 0 Å². The van der Waals surface area contributed by atoms with E-state index < -0.39 is 5.97 Å². The van der Waals surface area contributed by atoms with Gasteiger partial charge >= 0.3 is 5.97 Å². The maximum Gasteiger partial charge on any atom is 0.345 e. The normalized spacial score (nSPS) is 17.9. The van der Waals surface area contributed by atoms with Gasteiger partial charge in [-0.2, -0.15) is 0 Å². The van der Waals surface area contributed by atoms with Crippen molar-refractivity contribution in [3.8, 4) is 0 Å². The van der Waals surface area contributed by atoms with Crippen LogP contribution >= 0.6 is 0 Å². The van der Waals surface area contributed by atoms with Crippen LogP contribution in [0.1, 0.15) is 97.3 Å². The van der Waals surface area contributed by atoms with E-state index in [2.05, 4.69) is 6.92 Å². The van der Waals surface area contributed by atoms with Crippen molar-refractivity contribution in [1.29, 1.82) is 0 Å². The molecule has 0 aromatic heterocycles. The molecule has 138 valence electrons. The predicted octanol–water partition coefficient (Wildman–Crippen LogP) is 5.40. The topological polar surface area (TPSA) is 63.6 Å². The van der Waals surface area contributed by atoms with E-state index in [1.54, 1.807) is 0 Å². The fourth-order valence-corrected chi connectivity index (χ4v) is 3.09. The molecule has 1 aliphatic heterocycles. The maximum absolute atomic E-state index is 12.0. The summed E-state index contributed by atoms with van der Waals surface area (Å²) < 4.78 is 5.35. The summed E-state index contributed by atoms with van der Waals surface area (Å²) in [5.41, 5.74) is -0.115. The van der Waals surface area contributed by atoms with E-state index in [1.807, 2.05) is 6.92 Å². The number of rotatable bonds is 13. The number of unbranched alkanes of at least 4 members (excludes halogenated alkanes) is 8. The molecule has 0 saturated heterocycles. The van der Waals surface area contributed by atoms with E-state index in [0.29, 0.717) is 6.42 Å². The average molecular weight is 338 g/mol. The number of cyclic esters (lactones) is 1. The highest BCUT2D eigenvalue weighted by atomic mass is 16.5. The first-order valence-corrected chi connectivity index (χ1v) is 9.76. The number of aliphatic hydroxyl groups excluding tert-OH is 1. The molecule has 1 unspecified atom stereocenters. The minimum atomic E-state index is -0.635. The van der Waals surface area contributed by atoms with Crippen LogP contribution in [-0.4, -0.2) is 23.0 Å². The van der Waals surface area contributed by atoms with Crippen LogP contribution in [0.4, 0.5) is 0 Å². The summed E-state index contributed by atoms with van der Waals surface area (Å²) in [5.74, 6) is -0.994. The second-order valence-corrected chi connectivity index (χ2v) is 6.84. The molecule has 0 aromatic carbocycles. The van der Waals surface area contributed by atoms with E-state index in [9.17, 15) is 14.7 Å². The van der Waals surface area contributed by atoms with Gasteiger partial charge in [-0.05, 0) is 19.3 Å². The Labute approximate surface area is 146 Å². The number of ether oxygens (including phenoxy) is 1.